The summed E-state index contributed by atoms with van der Waals surface area (Å²) < 4.78 is 0.999. The van der Waals surface area contributed by atoms with Crippen LogP contribution in [0.1, 0.15) is 30.4 Å². The second-order valence-electron chi connectivity index (χ2n) is 4.91. The lowest BCUT2D eigenvalue weighted by Gasteiger charge is -2.26. The monoisotopic (exact) mass is 333 g/mol. The molecule has 1 aromatic heterocycles. The molecule has 20 heavy (non-hydrogen) atoms. The molecule has 2 rings (SSSR count). The molecule has 3 nitrogen and oxygen atoms in total. The van der Waals surface area contributed by atoms with Crippen LogP contribution >= 0.6 is 15.9 Å². The fourth-order valence-electron chi connectivity index (χ4n) is 2.59. The highest BCUT2D eigenvalue weighted by molar-refractivity contribution is 9.10. The Morgan fingerprint density at radius 2 is 2.00 bits per heavy atom. The van der Waals surface area contributed by atoms with Crippen LogP contribution in [0.5, 0.6) is 0 Å². The molecule has 2 unspecified atom stereocenters. The minimum atomic E-state index is 0.193. The third kappa shape index (κ3) is 3.88. The number of pyridine rings is 1. The van der Waals surface area contributed by atoms with Crippen molar-refractivity contribution in [3.05, 3.63) is 64.4 Å². The maximum Gasteiger partial charge on any atom is 0.0410 e. The van der Waals surface area contributed by atoms with Crippen LogP contribution in [0, 0.1) is 0 Å². The molecule has 0 spiro atoms. The van der Waals surface area contributed by atoms with Crippen molar-refractivity contribution in [2.24, 2.45) is 5.84 Å². The van der Waals surface area contributed by atoms with E-state index in [1.807, 2.05) is 12.3 Å². The Hall–Kier alpha value is -1.23. The van der Waals surface area contributed by atoms with Crippen LogP contribution < -0.4 is 11.3 Å². The van der Waals surface area contributed by atoms with E-state index in [2.05, 4.69) is 63.6 Å². The smallest absolute Gasteiger partial charge is 0.0410 e. The van der Waals surface area contributed by atoms with Crippen molar-refractivity contribution in [3.63, 3.8) is 0 Å². The molecule has 3 N–H and O–H groups in total. The number of benzene rings is 1. The van der Waals surface area contributed by atoms with Crippen LogP contribution in [0.4, 0.5) is 0 Å². The zero-order valence-corrected chi connectivity index (χ0v) is 13.2. The lowest BCUT2D eigenvalue weighted by molar-refractivity contribution is 0.427. The number of rotatable bonds is 6. The molecule has 2 atom stereocenters. The maximum atomic E-state index is 5.79. The number of nitrogens with two attached hydrogens (primary N) is 1. The zero-order chi connectivity index (χ0) is 14.4. The first-order chi connectivity index (χ1) is 9.74. The third-order valence-electron chi connectivity index (χ3n) is 3.58. The third-order valence-corrected chi connectivity index (χ3v) is 4.02. The van der Waals surface area contributed by atoms with E-state index in [0.717, 1.165) is 17.3 Å². The van der Waals surface area contributed by atoms with Crippen LogP contribution in [-0.4, -0.2) is 11.0 Å². The maximum absolute atomic E-state index is 5.79. The standard InChI is InChI=1S/C16H20BrN3/c1-2-15(13-6-4-3-5-7-13)16(20-18)9-12-8-14(17)11-19-10-12/h3-8,10-11,15-16,20H,2,9,18H2,1H3. The van der Waals surface area contributed by atoms with Crippen molar-refractivity contribution in [2.75, 3.05) is 0 Å². The Morgan fingerprint density at radius 3 is 2.60 bits per heavy atom. The van der Waals surface area contributed by atoms with Crippen molar-refractivity contribution < 1.29 is 0 Å². The number of hydrazine groups is 1. The Balaban J connectivity index is 2.18. The predicted octanol–water partition coefficient (Wildman–Crippen LogP) is 3.41. The van der Waals surface area contributed by atoms with Crippen LogP contribution in [0.2, 0.25) is 0 Å². The molecular formula is C16H20BrN3. The Bertz CT molecular complexity index is 530. The second kappa shape index (κ2) is 7.53. The lowest BCUT2D eigenvalue weighted by Crippen LogP contribution is -2.41. The molecular weight excluding hydrogens is 314 g/mol. The number of aromatic nitrogens is 1. The second-order valence-corrected chi connectivity index (χ2v) is 5.83. The highest BCUT2D eigenvalue weighted by Crippen LogP contribution is 2.25. The van der Waals surface area contributed by atoms with Gasteiger partial charge in [0.1, 0.15) is 0 Å². The van der Waals surface area contributed by atoms with Crippen molar-refractivity contribution in [1.82, 2.24) is 10.4 Å². The fraction of sp³-hybridized carbons (Fsp3) is 0.312. The van der Waals surface area contributed by atoms with Gasteiger partial charge in [-0.1, -0.05) is 37.3 Å². The summed E-state index contributed by atoms with van der Waals surface area (Å²) in [4.78, 5) is 4.21. The largest absolute Gasteiger partial charge is 0.271 e. The first-order valence-electron chi connectivity index (χ1n) is 6.85. The molecule has 2 aromatic rings. The molecule has 0 bridgehead atoms. The van der Waals surface area contributed by atoms with E-state index in [9.17, 15) is 0 Å². The summed E-state index contributed by atoms with van der Waals surface area (Å²) in [6, 6.07) is 12.8. The number of nitrogens with zero attached hydrogens (tertiary/aromatic N) is 1. The van der Waals surface area contributed by atoms with Crippen molar-refractivity contribution in [2.45, 2.75) is 31.7 Å². The summed E-state index contributed by atoms with van der Waals surface area (Å²) in [7, 11) is 0. The molecule has 0 aliphatic rings. The molecule has 4 heteroatoms. The van der Waals surface area contributed by atoms with Gasteiger partial charge in [0.05, 0.1) is 0 Å². The lowest BCUT2D eigenvalue weighted by atomic mass is 9.86. The summed E-state index contributed by atoms with van der Waals surface area (Å²) in [5, 5.41) is 0. The quantitative estimate of drug-likeness (QED) is 0.629. The number of nitrogens with one attached hydrogen (secondary N) is 1. The van der Waals surface area contributed by atoms with E-state index in [1.165, 1.54) is 11.1 Å². The van der Waals surface area contributed by atoms with Gasteiger partial charge in [-0.3, -0.25) is 16.3 Å². The highest BCUT2D eigenvalue weighted by Gasteiger charge is 2.21. The van der Waals surface area contributed by atoms with Gasteiger partial charge in [-0.05, 0) is 46.0 Å². The first kappa shape index (κ1) is 15.2. The topological polar surface area (TPSA) is 50.9 Å². The minimum Gasteiger partial charge on any atom is -0.271 e. The summed E-state index contributed by atoms with van der Waals surface area (Å²) in [5.41, 5.74) is 5.47. The molecule has 0 radical (unpaired) electrons. The van der Waals surface area contributed by atoms with Crippen LogP contribution in [0.15, 0.2) is 53.3 Å². The molecule has 0 saturated carbocycles. The Morgan fingerprint density at radius 1 is 1.25 bits per heavy atom. The first-order valence-corrected chi connectivity index (χ1v) is 7.64. The van der Waals surface area contributed by atoms with Gasteiger partial charge in [-0.15, -0.1) is 0 Å². The number of hydrogen-bond acceptors (Lipinski definition) is 3. The predicted molar refractivity (Wildman–Crippen MR) is 86.2 cm³/mol. The van der Waals surface area contributed by atoms with Crippen molar-refractivity contribution in [1.29, 1.82) is 0 Å². The fourth-order valence-corrected chi connectivity index (χ4v) is 3.00. The van der Waals surface area contributed by atoms with E-state index < -0.39 is 0 Å². The molecule has 0 fully saturated rings. The van der Waals surface area contributed by atoms with E-state index >= 15 is 0 Å². The highest BCUT2D eigenvalue weighted by atomic mass is 79.9. The molecule has 0 aliphatic carbocycles. The van der Waals surface area contributed by atoms with Crippen molar-refractivity contribution >= 4 is 15.9 Å². The summed E-state index contributed by atoms with van der Waals surface area (Å²) in [6.45, 7) is 2.20. The summed E-state index contributed by atoms with van der Waals surface area (Å²) in [5.74, 6) is 6.18. The number of halogens is 1. The minimum absolute atomic E-state index is 0.193. The molecule has 0 aliphatic heterocycles. The van der Waals surface area contributed by atoms with Crippen LogP contribution in [0.25, 0.3) is 0 Å². The zero-order valence-electron chi connectivity index (χ0n) is 11.6. The van der Waals surface area contributed by atoms with Gasteiger partial charge in [-0.25, -0.2) is 0 Å². The van der Waals surface area contributed by atoms with E-state index in [1.54, 1.807) is 6.20 Å². The van der Waals surface area contributed by atoms with E-state index in [4.69, 9.17) is 5.84 Å². The van der Waals surface area contributed by atoms with Gasteiger partial charge >= 0.3 is 0 Å². The van der Waals surface area contributed by atoms with Gasteiger partial charge in [0.2, 0.25) is 0 Å². The van der Waals surface area contributed by atoms with Gasteiger partial charge in [0, 0.05) is 28.8 Å². The number of hydrogen-bond donors (Lipinski definition) is 2. The van der Waals surface area contributed by atoms with Crippen molar-refractivity contribution in [3.8, 4) is 0 Å². The molecule has 106 valence electrons. The molecule has 0 amide bonds. The van der Waals surface area contributed by atoms with Crippen LogP contribution in [0.3, 0.4) is 0 Å². The van der Waals surface area contributed by atoms with Gasteiger partial charge in [0.25, 0.3) is 0 Å². The molecule has 0 saturated heterocycles. The molecule has 1 aromatic carbocycles. The summed E-state index contributed by atoms with van der Waals surface area (Å²) in [6.07, 6.45) is 5.59. The van der Waals surface area contributed by atoms with E-state index in [0.29, 0.717) is 5.92 Å². The molecule has 1 heterocycles. The summed E-state index contributed by atoms with van der Waals surface area (Å²) >= 11 is 3.46. The van der Waals surface area contributed by atoms with Gasteiger partial charge in [-0.2, -0.15) is 0 Å². The normalized spacial score (nSPS) is 13.9. The SMILES string of the molecule is CCC(c1ccccc1)C(Cc1cncc(Br)c1)NN. The van der Waals surface area contributed by atoms with Gasteiger partial charge in [0.15, 0.2) is 0 Å². The Labute approximate surface area is 128 Å². The van der Waals surface area contributed by atoms with Gasteiger partial charge < -0.3 is 0 Å². The van der Waals surface area contributed by atoms with E-state index in [-0.39, 0.29) is 6.04 Å². The van der Waals surface area contributed by atoms with Crippen LogP contribution in [-0.2, 0) is 6.42 Å². The average molecular weight is 334 g/mol. The Kier molecular flexibility index (Phi) is 5.71. The average Bonchev–Trinajstić information content (AvgIpc) is 2.48.